The number of nitrogens with zero attached hydrogens (tertiary/aromatic N) is 3. The summed E-state index contributed by atoms with van der Waals surface area (Å²) in [5, 5.41) is 14.4. The van der Waals surface area contributed by atoms with E-state index in [1.54, 1.807) is 19.9 Å². The zero-order valence-corrected chi connectivity index (χ0v) is 15.5. The van der Waals surface area contributed by atoms with E-state index in [1.807, 2.05) is 18.2 Å². The first-order valence-electron chi connectivity index (χ1n) is 8.19. The number of nitro benzene ring substituents is 1. The summed E-state index contributed by atoms with van der Waals surface area (Å²) in [5.74, 6) is 0. The molecule has 0 saturated carbocycles. The summed E-state index contributed by atoms with van der Waals surface area (Å²) in [7, 11) is 0. The van der Waals surface area contributed by atoms with Gasteiger partial charge >= 0.3 is 0 Å². The Balaban J connectivity index is 1.93. The molecule has 3 rings (SSSR count). The smallest absolute Gasteiger partial charge is 0.280 e. The molecule has 0 bridgehead atoms. The lowest BCUT2D eigenvalue weighted by atomic mass is 10.1. The van der Waals surface area contributed by atoms with Crippen molar-refractivity contribution in [1.29, 1.82) is 0 Å². The number of aliphatic imine (C=N–C) groups is 1. The van der Waals surface area contributed by atoms with Crippen LogP contribution in [0.5, 0.6) is 0 Å². The maximum atomic E-state index is 12.8. The molecule has 0 aliphatic heterocycles. The first-order chi connectivity index (χ1) is 12.9. The van der Waals surface area contributed by atoms with Gasteiger partial charge in [0.1, 0.15) is 0 Å². The molecule has 0 radical (unpaired) electrons. The monoisotopic (exact) mass is 384 g/mol. The molecule has 0 spiro atoms. The topological polar surface area (TPSA) is 93.3 Å². The predicted octanol–water partition coefficient (Wildman–Crippen LogP) is 4.04. The van der Waals surface area contributed by atoms with Crippen molar-refractivity contribution in [2.45, 2.75) is 20.4 Å². The van der Waals surface area contributed by atoms with Crippen molar-refractivity contribution in [3.63, 3.8) is 0 Å². The van der Waals surface area contributed by atoms with Gasteiger partial charge < -0.3 is 0 Å². The summed E-state index contributed by atoms with van der Waals surface area (Å²) in [4.78, 5) is 27.6. The first kappa shape index (κ1) is 18.6. The predicted molar refractivity (Wildman–Crippen MR) is 105 cm³/mol. The Labute approximate surface area is 160 Å². The van der Waals surface area contributed by atoms with Crippen LogP contribution in [0.2, 0.25) is 5.02 Å². The maximum Gasteiger partial charge on any atom is 0.280 e. The molecule has 1 N–H and O–H groups in total. The summed E-state index contributed by atoms with van der Waals surface area (Å²) < 4.78 is 1.35. The molecular weight excluding hydrogens is 368 g/mol. The average Bonchev–Trinajstić information content (AvgIpc) is 2.95. The van der Waals surface area contributed by atoms with Crippen molar-refractivity contribution in [2.24, 2.45) is 4.99 Å². The van der Waals surface area contributed by atoms with Crippen LogP contribution in [0.3, 0.4) is 0 Å². The average molecular weight is 385 g/mol. The molecule has 27 heavy (non-hydrogen) atoms. The van der Waals surface area contributed by atoms with Gasteiger partial charge in [-0.25, -0.2) is 4.68 Å². The van der Waals surface area contributed by atoms with E-state index in [4.69, 9.17) is 11.6 Å². The molecule has 7 nitrogen and oxygen atoms in total. The van der Waals surface area contributed by atoms with Gasteiger partial charge in [0.05, 0.1) is 22.7 Å². The summed E-state index contributed by atoms with van der Waals surface area (Å²) >= 11 is 6.15. The molecular formula is C19H17ClN4O3. The van der Waals surface area contributed by atoms with Gasteiger partial charge in [-0.2, -0.15) is 0 Å². The van der Waals surface area contributed by atoms with Gasteiger partial charge in [0.2, 0.25) is 0 Å². The minimum absolute atomic E-state index is 0.0345. The molecule has 0 unspecified atom stereocenters. The van der Waals surface area contributed by atoms with Crippen LogP contribution in [0.1, 0.15) is 23.7 Å². The molecule has 0 atom stereocenters. The van der Waals surface area contributed by atoms with Crippen molar-refractivity contribution in [3.05, 3.63) is 90.8 Å². The molecule has 138 valence electrons. The Morgan fingerprint density at radius 1 is 1.22 bits per heavy atom. The van der Waals surface area contributed by atoms with Crippen LogP contribution < -0.4 is 5.56 Å². The Hall–Kier alpha value is -3.19. The van der Waals surface area contributed by atoms with Crippen LogP contribution in [-0.4, -0.2) is 20.4 Å². The lowest BCUT2D eigenvalue weighted by Gasteiger charge is -2.02. The highest BCUT2D eigenvalue weighted by Gasteiger charge is 2.16. The van der Waals surface area contributed by atoms with E-state index in [-0.39, 0.29) is 11.2 Å². The molecule has 1 aromatic heterocycles. The number of hydrogen-bond donors (Lipinski definition) is 1. The number of nitro groups is 1. The highest BCUT2D eigenvalue weighted by atomic mass is 35.5. The summed E-state index contributed by atoms with van der Waals surface area (Å²) in [6.45, 7) is 3.93. The van der Waals surface area contributed by atoms with Crippen molar-refractivity contribution < 1.29 is 4.92 Å². The van der Waals surface area contributed by atoms with Crippen LogP contribution in [0, 0.1) is 17.0 Å². The fraction of sp³-hybridized carbons (Fsp3) is 0.158. The quantitative estimate of drug-likeness (QED) is 0.408. The van der Waals surface area contributed by atoms with Gasteiger partial charge in [0.25, 0.3) is 11.2 Å². The minimum atomic E-state index is -0.483. The molecule has 0 fully saturated rings. The van der Waals surface area contributed by atoms with Crippen molar-refractivity contribution in [3.8, 4) is 5.69 Å². The standard InChI is InChI=1S/C19H17ClN4O3/c1-12(21-11-14-5-3-4-6-17(14)20)18-13(2)22-23(19(18)25)15-7-9-16(10-8-15)24(26)27/h3-10,22H,11H2,1-2H3. The number of non-ortho nitro benzene ring substituents is 1. The zero-order chi connectivity index (χ0) is 19.6. The van der Waals surface area contributed by atoms with Gasteiger partial charge in [-0.05, 0) is 37.6 Å². The van der Waals surface area contributed by atoms with Crippen molar-refractivity contribution in [1.82, 2.24) is 9.78 Å². The SMILES string of the molecule is CC(=NCc1ccccc1Cl)c1c(C)[nH]n(-c2ccc([N+](=O)[O-])cc2)c1=O. The minimum Gasteiger partial charge on any atom is -0.295 e. The van der Waals surface area contributed by atoms with Gasteiger partial charge in [0.15, 0.2) is 0 Å². The van der Waals surface area contributed by atoms with Gasteiger partial charge in [-0.3, -0.25) is 25.0 Å². The highest BCUT2D eigenvalue weighted by Crippen LogP contribution is 2.17. The third-order valence-electron chi connectivity index (χ3n) is 4.20. The fourth-order valence-corrected chi connectivity index (χ4v) is 2.98. The van der Waals surface area contributed by atoms with E-state index in [9.17, 15) is 14.9 Å². The normalized spacial score (nSPS) is 11.6. The van der Waals surface area contributed by atoms with Gasteiger partial charge in [-0.1, -0.05) is 29.8 Å². The van der Waals surface area contributed by atoms with Crippen molar-refractivity contribution in [2.75, 3.05) is 0 Å². The Morgan fingerprint density at radius 2 is 1.89 bits per heavy atom. The molecule has 0 aliphatic carbocycles. The lowest BCUT2D eigenvalue weighted by Crippen LogP contribution is -2.19. The second-order valence-corrected chi connectivity index (χ2v) is 6.43. The number of nitrogens with one attached hydrogen (secondary N) is 1. The maximum absolute atomic E-state index is 12.8. The first-order valence-corrected chi connectivity index (χ1v) is 8.57. The fourth-order valence-electron chi connectivity index (χ4n) is 2.79. The number of benzene rings is 2. The Morgan fingerprint density at radius 3 is 2.52 bits per heavy atom. The van der Waals surface area contributed by atoms with E-state index in [0.29, 0.717) is 34.2 Å². The second-order valence-electron chi connectivity index (χ2n) is 6.02. The second kappa shape index (κ2) is 7.59. The summed E-state index contributed by atoms with van der Waals surface area (Å²) in [5.41, 5.74) is 2.82. The van der Waals surface area contributed by atoms with Crippen LogP contribution in [0.25, 0.3) is 5.69 Å². The molecule has 0 aliphatic rings. The number of aromatic amines is 1. The lowest BCUT2D eigenvalue weighted by molar-refractivity contribution is -0.384. The highest BCUT2D eigenvalue weighted by molar-refractivity contribution is 6.31. The zero-order valence-electron chi connectivity index (χ0n) is 14.8. The number of rotatable bonds is 5. The van der Waals surface area contributed by atoms with Crippen molar-refractivity contribution >= 4 is 23.0 Å². The van der Waals surface area contributed by atoms with E-state index < -0.39 is 4.92 Å². The molecule has 3 aromatic rings. The molecule has 2 aromatic carbocycles. The van der Waals surface area contributed by atoms with Gasteiger partial charge in [0, 0.05) is 28.6 Å². The molecule has 8 heteroatoms. The Kier molecular flexibility index (Phi) is 5.23. The third kappa shape index (κ3) is 3.83. The van der Waals surface area contributed by atoms with Crippen LogP contribution in [-0.2, 0) is 6.54 Å². The largest absolute Gasteiger partial charge is 0.295 e. The summed E-state index contributed by atoms with van der Waals surface area (Å²) in [6.07, 6.45) is 0. The molecule has 0 amide bonds. The van der Waals surface area contributed by atoms with E-state index in [2.05, 4.69) is 10.1 Å². The molecule has 0 saturated heterocycles. The number of aryl methyl sites for hydroxylation is 1. The van der Waals surface area contributed by atoms with Gasteiger partial charge in [-0.15, -0.1) is 0 Å². The number of halogens is 1. The number of H-pyrrole nitrogens is 1. The number of aromatic nitrogens is 2. The number of hydrogen-bond acceptors (Lipinski definition) is 4. The van der Waals surface area contributed by atoms with E-state index in [1.165, 1.54) is 28.9 Å². The summed E-state index contributed by atoms with van der Waals surface area (Å²) in [6, 6.07) is 13.2. The van der Waals surface area contributed by atoms with E-state index in [0.717, 1.165) is 5.56 Å². The Bertz CT molecular complexity index is 1080. The molecule has 1 heterocycles. The van der Waals surface area contributed by atoms with E-state index >= 15 is 0 Å². The van der Waals surface area contributed by atoms with Crippen LogP contribution in [0.4, 0.5) is 5.69 Å². The van der Waals surface area contributed by atoms with Crippen LogP contribution >= 0.6 is 11.6 Å². The van der Waals surface area contributed by atoms with Crippen LogP contribution in [0.15, 0.2) is 58.3 Å². The third-order valence-corrected chi connectivity index (χ3v) is 4.57.